The highest BCUT2D eigenvalue weighted by Crippen LogP contribution is 2.03. The van der Waals surface area contributed by atoms with E-state index in [4.69, 9.17) is 0 Å². The Morgan fingerprint density at radius 3 is 2.42 bits per heavy atom. The molecule has 0 aliphatic carbocycles. The van der Waals surface area contributed by atoms with Gasteiger partial charge in [0.05, 0.1) is 0 Å². The summed E-state index contributed by atoms with van der Waals surface area (Å²) in [7, 11) is 2.02. The maximum absolute atomic E-state index is 3.19. The molecule has 0 amide bonds. The fraction of sp³-hybridized carbons (Fsp3) is 1.00. The van der Waals surface area contributed by atoms with Gasteiger partial charge in [-0.3, -0.25) is 0 Å². The first-order valence-electron chi connectivity index (χ1n) is 5.14. The van der Waals surface area contributed by atoms with Crippen molar-refractivity contribution in [1.82, 2.24) is 10.2 Å². The van der Waals surface area contributed by atoms with Gasteiger partial charge in [0, 0.05) is 6.04 Å². The van der Waals surface area contributed by atoms with Crippen molar-refractivity contribution in [2.45, 2.75) is 39.7 Å². The lowest BCUT2D eigenvalue weighted by atomic mass is 10.2. The van der Waals surface area contributed by atoms with Gasteiger partial charge in [-0.15, -0.1) is 0 Å². The Hall–Kier alpha value is -0.0800. The molecule has 0 heterocycles. The van der Waals surface area contributed by atoms with Crippen LogP contribution >= 0.6 is 0 Å². The van der Waals surface area contributed by atoms with E-state index in [1.807, 2.05) is 7.05 Å². The van der Waals surface area contributed by atoms with Crippen molar-refractivity contribution in [2.24, 2.45) is 0 Å². The second kappa shape index (κ2) is 7.56. The van der Waals surface area contributed by atoms with E-state index in [-0.39, 0.29) is 0 Å². The second-order valence-electron chi connectivity index (χ2n) is 3.37. The predicted molar refractivity (Wildman–Crippen MR) is 55.5 cm³/mol. The Morgan fingerprint density at radius 1 is 1.33 bits per heavy atom. The zero-order valence-corrected chi connectivity index (χ0v) is 9.06. The van der Waals surface area contributed by atoms with Crippen LogP contribution in [0.3, 0.4) is 0 Å². The molecule has 12 heavy (non-hydrogen) atoms. The summed E-state index contributed by atoms with van der Waals surface area (Å²) in [5, 5.41) is 3.19. The normalized spacial score (nSPS) is 13.8. The third-order valence-electron chi connectivity index (χ3n) is 2.35. The van der Waals surface area contributed by atoms with Crippen molar-refractivity contribution in [1.29, 1.82) is 0 Å². The van der Waals surface area contributed by atoms with E-state index in [9.17, 15) is 0 Å². The predicted octanol–water partition coefficient (Wildman–Crippen LogP) is 1.72. The Morgan fingerprint density at radius 2 is 2.00 bits per heavy atom. The number of hydrogen-bond acceptors (Lipinski definition) is 2. The molecule has 2 heteroatoms. The largest absolute Gasteiger partial charge is 0.320 e. The van der Waals surface area contributed by atoms with E-state index in [0.29, 0.717) is 0 Å². The van der Waals surface area contributed by atoms with Crippen LogP contribution in [-0.2, 0) is 0 Å². The third kappa shape index (κ3) is 4.73. The fourth-order valence-electron chi connectivity index (χ4n) is 1.51. The van der Waals surface area contributed by atoms with Crippen molar-refractivity contribution >= 4 is 0 Å². The summed E-state index contributed by atoms with van der Waals surface area (Å²) < 4.78 is 0. The second-order valence-corrected chi connectivity index (χ2v) is 3.37. The number of rotatable bonds is 7. The van der Waals surface area contributed by atoms with Crippen LogP contribution in [0.5, 0.6) is 0 Å². The summed E-state index contributed by atoms with van der Waals surface area (Å²) in [6.45, 7) is 10.3. The molecule has 0 bridgehead atoms. The standard InChI is InChI=1S/C10H24N2/c1-5-9-12(6-2)10(3)7-8-11-4/h10-11H,5-9H2,1-4H3. The van der Waals surface area contributed by atoms with Crippen LogP contribution in [0.1, 0.15) is 33.6 Å². The molecule has 1 atom stereocenters. The lowest BCUT2D eigenvalue weighted by Crippen LogP contribution is -2.35. The first-order chi connectivity index (χ1) is 5.76. The van der Waals surface area contributed by atoms with Crippen molar-refractivity contribution in [3.63, 3.8) is 0 Å². The molecule has 74 valence electrons. The SMILES string of the molecule is CCCN(CC)C(C)CCNC. The fourth-order valence-corrected chi connectivity index (χ4v) is 1.51. The van der Waals surface area contributed by atoms with Gasteiger partial charge < -0.3 is 10.2 Å². The average Bonchev–Trinajstić information content (AvgIpc) is 2.10. The van der Waals surface area contributed by atoms with E-state index in [2.05, 4.69) is 31.0 Å². The van der Waals surface area contributed by atoms with Gasteiger partial charge in [0.15, 0.2) is 0 Å². The molecule has 0 radical (unpaired) electrons. The molecule has 0 aliphatic rings. The van der Waals surface area contributed by atoms with Gasteiger partial charge in [-0.25, -0.2) is 0 Å². The highest BCUT2D eigenvalue weighted by molar-refractivity contribution is 4.65. The Labute approximate surface area is 77.3 Å². The molecule has 0 aromatic rings. The molecule has 0 spiro atoms. The number of hydrogen-bond donors (Lipinski definition) is 1. The van der Waals surface area contributed by atoms with Gasteiger partial charge in [0.2, 0.25) is 0 Å². The summed E-state index contributed by atoms with van der Waals surface area (Å²) in [6.07, 6.45) is 2.52. The van der Waals surface area contributed by atoms with Gasteiger partial charge in [-0.05, 0) is 46.4 Å². The van der Waals surface area contributed by atoms with Crippen LogP contribution in [0.4, 0.5) is 0 Å². The highest BCUT2D eigenvalue weighted by atomic mass is 15.1. The van der Waals surface area contributed by atoms with Gasteiger partial charge >= 0.3 is 0 Å². The summed E-state index contributed by atoms with van der Waals surface area (Å²) in [5.41, 5.74) is 0. The van der Waals surface area contributed by atoms with E-state index in [0.717, 1.165) is 12.6 Å². The topological polar surface area (TPSA) is 15.3 Å². The lowest BCUT2D eigenvalue weighted by molar-refractivity contribution is 0.210. The highest BCUT2D eigenvalue weighted by Gasteiger charge is 2.09. The van der Waals surface area contributed by atoms with Gasteiger partial charge in [0.1, 0.15) is 0 Å². The Bertz CT molecular complexity index is 93.8. The molecule has 0 aromatic heterocycles. The molecule has 0 saturated carbocycles. The zero-order valence-electron chi connectivity index (χ0n) is 9.06. The maximum Gasteiger partial charge on any atom is 0.00788 e. The molecular formula is C10H24N2. The Kier molecular flexibility index (Phi) is 7.51. The maximum atomic E-state index is 3.19. The molecule has 2 nitrogen and oxygen atoms in total. The minimum absolute atomic E-state index is 0.724. The average molecular weight is 172 g/mol. The molecule has 1 N–H and O–H groups in total. The van der Waals surface area contributed by atoms with Gasteiger partial charge in [-0.2, -0.15) is 0 Å². The molecule has 0 aromatic carbocycles. The van der Waals surface area contributed by atoms with Crippen LogP contribution in [0, 0.1) is 0 Å². The van der Waals surface area contributed by atoms with Crippen molar-refractivity contribution in [3.8, 4) is 0 Å². The van der Waals surface area contributed by atoms with Crippen LogP contribution < -0.4 is 5.32 Å². The molecular weight excluding hydrogens is 148 g/mol. The molecule has 0 rings (SSSR count). The monoisotopic (exact) mass is 172 g/mol. The quantitative estimate of drug-likeness (QED) is 0.629. The zero-order chi connectivity index (χ0) is 9.40. The van der Waals surface area contributed by atoms with Crippen LogP contribution in [0.15, 0.2) is 0 Å². The van der Waals surface area contributed by atoms with Crippen molar-refractivity contribution in [2.75, 3.05) is 26.7 Å². The van der Waals surface area contributed by atoms with Crippen LogP contribution in [0.25, 0.3) is 0 Å². The van der Waals surface area contributed by atoms with E-state index in [1.54, 1.807) is 0 Å². The summed E-state index contributed by atoms with van der Waals surface area (Å²) in [5.74, 6) is 0. The summed E-state index contributed by atoms with van der Waals surface area (Å²) >= 11 is 0. The summed E-state index contributed by atoms with van der Waals surface area (Å²) in [4.78, 5) is 2.54. The van der Waals surface area contributed by atoms with Gasteiger partial charge in [0.25, 0.3) is 0 Å². The number of nitrogens with zero attached hydrogens (tertiary/aromatic N) is 1. The van der Waals surface area contributed by atoms with E-state index < -0.39 is 0 Å². The molecule has 0 fully saturated rings. The smallest absolute Gasteiger partial charge is 0.00788 e. The van der Waals surface area contributed by atoms with E-state index >= 15 is 0 Å². The lowest BCUT2D eigenvalue weighted by Gasteiger charge is -2.27. The minimum atomic E-state index is 0.724. The van der Waals surface area contributed by atoms with Crippen LogP contribution in [-0.4, -0.2) is 37.6 Å². The van der Waals surface area contributed by atoms with Crippen molar-refractivity contribution < 1.29 is 0 Å². The Balaban J connectivity index is 3.60. The van der Waals surface area contributed by atoms with Crippen LogP contribution in [0.2, 0.25) is 0 Å². The van der Waals surface area contributed by atoms with Crippen molar-refractivity contribution in [3.05, 3.63) is 0 Å². The summed E-state index contributed by atoms with van der Waals surface area (Å²) in [6, 6.07) is 0.724. The molecule has 1 unspecified atom stereocenters. The van der Waals surface area contributed by atoms with Gasteiger partial charge in [-0.1, -0.05) is 13.8 Å². The first-order valence-corrected chi connectivity index (χ1v) is 5.14. The number of nitrogens with one attached hydrogen (secondary N) is 1. The minimum Gasteiger partial charge on any atom is -0.320 e. The third-order valence-corrected chi connectivity index (χ3v) is 2.35. The van der Waals surface area contributed by atoms with E-state index in [1.165, 1.54) is 25.9 Å². The first kappa shape index (κ1) is 11.9. The molecule has 0 aliphatic heterocycles. The molecule has 0 saturated heterocycles.